The minimum atomic E-state index is -3.77. The molecule has 0 saturated heterocycles. The highest BCUT2D eigenvalue weighted by molar-refractivity contribution is 7.92. The normalized spacial score (nSPS) is 10.8. The van der Waals surface area contributed by atoms with Crippen LogP contribution < -0.4 is 21.1 Å². The van der Waals surface area contributed by atoms with Crippen molar-refractivity contribution >= 4 is 39.0 Å². The molecular formula is C21H20N4O4S. The van der Waals surface area contributed by atoms with Crippen molar-refractivity contribution in [3.63, 3.8) is 0 Å². The summed E-state index contributed by atoms with van der Waals surface area (Å²) in [5.74, 6) is -0.402. The summed E-state index contributed by atoms with van der Waals surface area (Å²) >= 11 is 0. The highest BCUT2D eigenvalue weighted by Crippen LogP contribution is 2.18. The zero-order valence-electron chi connectivity index (χ0n) is 16.0. The monoisotopic (exact) mass is 424 g/mol. The fraction of sp³-hybridized carbons (Fsp3) is 0.0476. The highest BCUT2D eigenvalue weighted by atomic mass is 32.2. The predicted octanol–water partition coefficient (Wildman–Crippen LogP) is 3.54. The fourth-order valence-electron chi connectivity index (χ4n) is 2.60. The fourth-order valence-corrected chi connectivity index (χ4v) is 3.66. The van der Waals surface area contributed by atoms with Crippen LogP contribution in [0.5, 0.6) is 0 Å². The Bertz CT molecular complexity index is 1160. The van der Waals surface area contributed by atoms with E-state index in [0.29, 0.717) is 22.6 Å². The maximum Gasteiger partial charge on any atom is 0.316 e. The summed E-state index contributed by atoms with van der Waals surface area (Å²) in [7, 11) is -3.77. The SMILES string of the molecule is Cc1ccc(NS(=O)(=O)c2ccc(C(=O)Nc3ccc(NC(N)=O)cc3)cc2)cc1. The van der Waals surface area contributed by atoms with Gasteiger partial charge in [0.15, 0.2) is 0 Å². The van der Waals surface area contributed by atoms with Crippen LogP contribution in [0.3, 0.4) is 0 Å². The summed E-state index contributed by atoms with van der Waals surface area (Å²) in [5.41, 5.74) is 7.82. The number of rotatable bonds is 6. The average Bonchev–Trinajstić information content (AvgIpc) is 2.71. The van der Waals surface area contributed by atoms with E-state index in [9.17, 15) is 18.0 Å². The summed E-state index contributed by atoms with van der Waals surface area (Å²) in [5, 5.41) is 5.11. The van der Waals surface area contributed by atoms with Crippen molar-refractivity contribution in [1.82, 2.24) is 0 Å². The molecule has 0 atom stereocenters. The third-order valence-corrected chi connectivity index (χ3v) is 5.54. The number of hydrogen-bond acceptors (Lipinski definition) is 4. The van der Waals surface area contributed by atoms with Crippen molar-refractivity contribution in [2.24, 2.45) is 5.73 Å². The van der Waals surface area contributed by atoms with Crippen LogP contribution in [-0.4, -0.2) is 20.4 Å². The lowest BCUT2D eigenvalue weighted by molar-refractivity contribution is 0.102. The molecule has 0 radical (unpaired) electrons. The molecule has 3 rings (SSSR count). The zero-order chi connectivity index (χ0) is 21.7. The molecule has 8 nitrogen and oxygen atoms in total. The summed E-state index contributed by atoms with van der Waals surface area (Å²) in [6.45, 7) is 1.91. The maximum atomic E-state index is 12.5. The van der Waals surface area contributed by atoms with E-state index in [1.165, 1.54) is 24.3 Å². The summed E-state index contributed by atoms with van der Waals surface area (Å²) in [6, 6.07) is 18.3. The van der Waals surface area contributed by atoms with E-state index >= 15 is 0 Å². The van der Waals surface area contributed by atoms with E-state index in [4.69, 9.17) is 5.73 Å². The Morgan fingerprint density at radius 1 is 0.733 bits per heavy atom. The van der Waals surface area contributed by atoms with Crippen LogP contribution in [0.2, 0.25) is 0 Å². The van der Waals surface area contributed by atoms with Crippen molar-refractivity contribution in [2.75, 3.05) is 15.4 Å². The van der Waals surface area contributed by atoms with Gasteiger partial charge in [0, 0.05) is 22.6 Å². The predicted molar refractivity (Wildman–Crippen MR) is 116 cm³/mol. The first-order valence-electron chi connectivity index (χ1n) is 8.90. The number of nitrogens with two attached hydrogens (primary N) is 1. The average molecular weight is 424 g/mol. The molecule has 0 bridgehead atoms. The van der Waals surface area contributed by atoms with E-state index in [1.54, 1.807) is 36.4 Å². The largest absolute Gasteiger partial charge is 0.351 e. The lowest BCUT2D eigenvalue weighted by atomic mass is 10.2. The third kappa shape index (κ3) is 5.36. The topological polar surface area (TPSA) is 130 Å². The van der Waals surface area contributed by atoms with E-state index in [-0.39, 0.29) is 4.90 Å². The molecule has 9 heteroatoms. The first-order chi connectivity index (χ1) is 14.2. The molecule has 0 saturated carbocycles. The van der Waals surface area contributed by atoms with E-state index < -0.39 is 22.0 Å². The highest BCUT2D eigenvalue weighted by Gasteiger charge is 2.15. The van der Waals surface area contributed by atoms with Gasteiger partial charge in [-0.15, -0.1) is 0 Å². The zero-order valence-corrected chi connectivity index (χ0v) is 16.9. The summed E-state index contributed by atoms with van der Waals surface area (Å²) in [6.07, 6.45) is 0. The smallest absolute Gasteiger partial charge is 0.316 e. The molecule has 0 aliphatic rings. The van der Waals surface area contributed by atoms with Gasteiger partial charge in [0.1, 0.15) is 0 Å². The van der Waals surface area contributed by atoms with Crippen molar-refractivity contribution in [3.05, 3.63) is 83.9 Å². The van der Waals surface area contributed by atoms with Gasteiger partial charge >= 0.3 is 6.03 Å². The molecule has 3 amide bonds. The second kappa shape index (κ2) is 8.66. The summed E-state index contributed by atoms with van der Waals surface area (Å²) < 4.78 is 27.5. The number of primary amides is 1. The number of anilines is 3. The molecule has 0 aromatic heterocycles. The van der Waals surface area contributed by atoms with Crippen LogP contribution >= 0.6 is 0 Å². The Kier molecular flexibility index (Phi) is 6.03. The molecule has 0 aliphatic heterocycles. The minimum Gasteiger partial charge on any atom is -0.351 e. The van der Waals surface area contributed by atoms with Crippen LogP contribution in [0.4, 0.5) is 21.9 Å². The first-order valence-corrected chi connectivity index (χ1v) is 10.4. The van der Waals surface area contributed by atoms with Crippen LogP contribution in [0.25, 0.3) is 0 Å². The minimum absolute atomic E-state index is 0.0431. The van der Waals surface area contributed by atoms with Gasteiger partial charge in [-0.1, -0.05) is 17.7 Å². The molecular weight excluding hydrogens is 404 g/mol. The third-order valence-electron chi connectivity index (χ3n) is 4.14. The van der Waals surface area contributed by atoms with Gasteiger partial charge in [-0.2, -0.15) is 0 Å². The Hall–Kier alpha value is -3.85. The van der Waals surface area contributed by atoms with Crippen molar-refractivity contribution in [3.8, 4) is 0 Å². The molecule has 0 aliphatic carbocycles. The van der Waals surface area contributed by atoms with E-state index in [2.05, 4.69) is 15.4 Å². The number of carbonyl (C=O) groups excluding carboxylic acids is 2. The van der Waals surface area contributed by atoms with Crippen molar-refractivity contribution in [2.45, 2.75) is 11.8 Å². The Labute approximate surface area is 174 Å². The number of carbonyl (C=O) groups is 2. The van der Waals surface area contributed by atoms with Crippen LogP contribution in [0, 0.1) is 6.92 Å². The van der Waals surface area contributed by atoms with Gasteiger partial charge in [0.05, 0.1) is 4.90 Å². The standard InChI is InChI=1S/C21H20N4O4S/c1-14-2-6-18(7-3-14)25-30(28,29)19-12-4-15(5-13-19)20(26)23-16-8-10-17(11-9-16)24-21(22)27/h2-13,25H,1H3,(H,23,26)(H3,22,24,27). The van der Waals surface area contributed by atoms with Crippen LogP contribution in [0.1, 0.15) is 15.9 Å². The van der Waals surface area contributed by atoms with Crippen molar-refractivity contribution < 1.29 is 18.0 Å². The molecule has 30 heavy (non-hydrogen) atoms. The molecule has 0 heterocycles. The van der Waals surface area contributed by atoms with E-state index in [1.807, 2.05) is 19.1 Å². The lowest BCUT2D eigenvalue weighted by Gasteiger charge is -2.10. The maximum absolute atomic E-state index is 12.5. The molecule has 0 fully saturated rings. The Balaban J connectivity index is 1.67. The Morgan fingerprint density at radius 2 is 1.23 bits per heavy atom. The number of aryl methyl sites for hydroxylation is 1. The van der Waals surface area contributed by atoms with Gasteiger partial charge in [-0.05, 0) is 67.6 Å². The van der Waals surface area contributed by atoms with Gasteiger partial charge in [-0.3, -0.25) is 9.52 Å². The quantitative estimate of drug-likeness (QED) is 0.482. The number of hydrogen-bond donors (Lipinski definition) is 4. The molecule has 3 aromatic rings. The Morgan fingerprint density at radius 3 is 1.77 bits per heavy atom. The summed E-state index contributed by atoms with van der Waals surface area (Å²) in [4.78, 5) is 23.3. The van der Waals surface area contributed by atoms with Gasteiger partial charge in [0.25, 0.3) is 15.9 Å². The number of urea groups is 1. The number of nitrogens with one attached hydrogen (secondary N) is 3. The molecule has 5 N–H and O–H groups in total. The van der Waals surface area contributed by atoms with Crippen LogP contribution in [0.15, 0.2) is 77.7 Å². The van der Waals surface area contributed by atoms with Gasteiger partial charge in [-0.25, -0.2) is 13.2 Å². The van der Waals surface area contributed by atoms with Gasteiger partial charge < -0.3 is 16.4 Å². The molecule has 154 valence electrons. The molecule has 3 aromatic carbocycles. The van der Waals surface area contributed by atoms with Crippen molar-refractivity contribution in [1.29, 1.82) is 0 Å². The second-order valence-corrected chi connectivity index (χ2v) is 8.20. The van der Waals surface area contributed by atoms with Crippen LogP contribution in [-0.2, 0) is 10.0 Å². The molecule has 0 spiro atoms. The second-order valence-electron chi connectivity index (χ2n) is 6.52. The van der Waals surface area contributed by atoms with Gasteiger partial charge in [0.2, 0.25) is 0 Å². The number of benzene rings is 3. The first kappa shape index (κ1) is 20.9. The molecule has 0 unspecified atom stereocenters. The van der Waals surface area contributed by atoms with E-state index in [0.717, 1.165) is 5.56 Å². The number of amides is 3. The lowest BCUT2D eigenvalue weighted by Crippen LogP contribution is -2.19. The number of sulfonamides is 1.